The van der Waals surface area contributed by atoms with Crippen LogP contribution in [0.3, 0.4) is 0 Å². The van der Waals surface area contributed by atoms with E-state index in [9.17, 15) is 45.6 Å². The van der Waals surface area contributed by atoms with Crippen LogP contribution in [0.1, 0.15) is 123 Å². The first-order valence-corrected chi connectivity index (χ1v) is 28.9. The van der Waals surface area contributed by atoms with E-state index in [2.05, 4.69) is 71.5 Å². The third-order valence-electron chi connectivity index (χ3n) is 24.7. The predicted molar refractivity (Wildman–Crippen MR) is 280 cm³/mol. The number of aliphatic hydroxyl groups excluding tert-OH is 7. The lowest BCUT2D eigenvalue weighted by atomic mass is 9.28. The number of carbonyl (C=O) groups excluding carboxylic acids is 1. The molecule has 2 aromatic rings. The van der Waals surface area contributed by atoms with Gasteiger partial charge in [0.05, 0.1) is 60.0 Å². The van der Waals surface area contributed by atoms with Crippen LogP contribution >= 0.6 is 0 Å². The summed E-state index contributed by atoms with van der Waals surface area (Å²) in [6.07, 6.45) is 9.58. The first-order chi connectivity index (χ1) is 36.6. The van der Waals surface area contributed by atoms with Gasteiger partial charge in [0.1, 0.15) is 30.4 Å². The van der Waals surface area contributed by atoms with Crippen molar-refractivity contribution in [3.05, 3.63) is 54.0 Å². The number of imidazole rings is 2. The summed E-state index contributed by atoms with van der Waals surface area (Å²) in [7, 11) is 0. The molecule has 19 heteroatoms. The average Bonchev–Trinajstić information content (AvgIpc) is 4.36. The number of aromatic amines is 2. The van der Waals surface area contributed by atoms with E-state index < -0.39 is 123 Å². The zero-order valence-corrected chi connectivity index (χ0v) is 45.4. The Kier molecular flexibility index (Phi) is 12.9. The number of rotatable bonds is 10. The molecule has 19 nitrogen and oxygen atoms in total. The number of hydrogen-bond donors (Lipinski definition) is 13. The molecule has 2 saturated heterocycles. The standard InChI is InChI=1S/C58H85N7O12/c1-51(25-66)18-19-58(50(74)75)32(21-51)30-8-9-37-53(3,55(30,5)31-20-34-47(64-28-62-34)61-22-33(31)58)15-11-36-52(2,26-67)46(77-48-44(72)42(70)35(68)24-76-48)43(71)40(54(36,37)4)29-10-16-56(17-12-39(59)69,38-23-60-27-63-38)45-41(29)57(49(73)65-45)13-6-7-14-57/h8,10,16,23,27-29,31-33,35-37,39-46,48,61,66-72H,6-7,9,11-15,17-22,24-26,59H2,1-5H3,(H,60,63)(H,62,64)(H,65,73)(H,74,75)/t29-,31+,32-,33-,35+,36+,37-,39-,40-,41-,42-,43+,44+,45-,46+,48-,51-,52-,53+,54-,55-,56+,58+/m0/s1. The number of anilines is 1. The summed E-state index contributed by atoms with van der Waals surface area (Å²) in [5.41, 5.74) is 2.42. The molecular weight excluding hydrogens is 987 g/mol. The number of aliphatic hydroxyl groups is 7. The Hall–Kier alpha value is -3.76. The lowest BCUT2D eigenvalue weighted by Gasteiger charge is -2.76. The van der Waals surface area contributed by atoms with E-state index in [-0.39, 0.29) is 55.1 Å². The molecule has 0 unspecified atom stereocenters. The van der Waals surface area contributed by atoms with Crippen molar-refractivity contribution in [1.82, 2.24) is 25.3 Å². The fraction of sp³-hybridized carbons (Fsp3) is 0.793. The Morgan fingerprint density at radius 1 is 0.935 bits per heavy atom. The van der Waals surface area contributed by atoms with E-state index in [1.165, 1.54) is 0 Å². The SMILES string of the molecule is C[C@]1(CO)CC[C@@]2(C(=O)O)[C@@H](C1)C1=CC[C@@H]3[C@@]4(C)[C@@H]([C@@H]5C=C[C@@](CC[C@@H](N)O)(c6cnc[nH]6)[C@H]6NC(=O)C7(CCCC7)[C@@H]56)[C@@H](O)[C@@H](O[C@@H]5OC[C@@H](O)[C@H](O)[C@H]5O)[C@@](C)(CO)[C@H]4CC[C@@]3(C)[C@]1(C)[C@@H]1Cc3[nH]cnc3NC[C@@H]12. The number of allylic oxidation sites excluding steroid dienone is 3. The van der Waals surface area contributed by atoms with Gasteiger partial charge in [-0.25, -0.2) is 9.97 Å². The van der Waals surface area contributed by atoms with Crippen molar-refractivity contribution < 1.29 is 59.9 Å². The maximum atomic E-state index is 15.2. The fourth-order valence-electron chi connectivity index (χ4n) is 20.9. The van der Waals surface area contributed by atoms with E-state index in [0.717, 1.165) is 35.6 Å². The molecule has 0 radical (unpaired) electrons. The molecule has 5 saturated carbocycles. The molecule has 0 bridgehead atoms. The number of amides is 1. The molecule has 1 amide bonds. The molecule has 12 rings (SSSR count). The number of carboxylic acids is 1. The van der Waals surface area contributed by atoms with Gasteiger partial charge in [0.25, 0.3) is 0 Å². The first kappa shape index (κ1) is 53.9. The first-order valence-electron chi connectivity index (χ1n) is 28.9. The Labute approximate surface area is 450 Å². The number of fused-ring (bicyclic) bond motifs is 13. The van der Waals surface area contributed by atoms with E-state index in [1.54, 1.807) is 18.9 Å². The molecule has 7 fully saturated rings. The molecule has 0 aromatic carbocycles. The van der Waals surface area contributed by atoms with Crippen LogP contribution in [-0.4, -0.2) is 148 Å². The predicted octanol–water partition coefficient (Wildman–Crippen LogP) is 3.26. The lowest BCUT2D eigenvalue weighted by molar-refractivity contribution is -0.344. The molecule has 424 valence electrons. The van der Waals surface area contributed by atoms with Gasteiger partial charge >= 0.3 is 5.97 Å². The van der Waals surface area contributed by atoms with Gasteiger partial charge in [0.15, 0.2) is 6.29 Å². The summed E-state index contributed by atoms with van der Waals surface area (Å²) >= 11 is 0. The fourth-order valence-corrected chi connectivity index (χ4v) is 20.9. The summed E-state index contributed by atoms with van der Waals surface area (Å²) < 4.78 is 12.9. The van der Waals surface area contributed by atoms with E-state index in [4.69, 9.17) is 20.2 Å². The number of carbonyl (C=O) groups is 2. The molecule has 5 heterocycles. The second-order valence-electron chi connectivity index (χ2n) is 27.5. The van der Waals surface area contributed by atoms with Crippen LogP contribution in [0.5, 0.6) is 0 Å². The van der Waals surface area contributed by atoms with Crippen LogP contribution in [0.25, 0.3) is 0 Å². The molecule has 77 heavy (non-hydrogen) atoms. The van der Waals surface area contributed by atoms with Gasteiger partial charge in [-0.3, -0.25) is 9.59 Å². The lowest BCUT2D eigenvalue weighted by Crippen LogP contribution is -2.75. The summed E-state index contributed by atoms with van der Waals surface area (Å²) in [6, 6.07) is -0.523. The van der Waals surface area contributed by atoms with Crippen molar-refractivity contribution in [2.45, 2.75) is 173 Å². The number of ether oxygens (including phenoxy) is 2. The Morgan fingerprint density at radius 2 is 1.70 bits per heavy atom. The molecule has 7 aliphatic carbocycles. The molecule has 10 aliphatic rings. The van der Waals surface area contributed by atoms with Crippen LogP contribution in [-0.2, 0) is 30.9 Å². The maximum absolute atomic E-state index is 15.2. The number of H-pyrrole nitrogens is 2. The topological polar surface area (TPSA) is 322 Å². The summed E-state index contributed by atoms with van der Waals surface area (Å²) in [4.78, 5) is 45.7. The van der Waals surface area contributed by atoms with Gasteiger partial charge < -0.3 is 76.7 Å². The average molecular weight is 1070 g/mol. The number of nitrogens with two attached hydrogens (primary N) is 1. The third-order valence-corrected chi connectivity index (χ3v) is 24.7. The zero-order chi connectivity index (χ0) is 54.6. The smallest absolute Gasteiger partial charge is 0.310 e. The highest BCUT2D eigenvalue weighted by Crippen LogP contribution is 2.80. The Bertz CT molecular complexity index is 2660. The molecule has 14 N–H and O–H groups in total. The van der Waals surface area contributed by atoms with Crippen molar-refractivity contribution in [2.24, 2.45) is 91.0 Å². The van der Waals surface area contributed by atoms with Gasteiger partial charge in [-0.15, -0.1) is 0 Å². The van der Waals surface area contributed by atoms with Crippen LogP contribution in [0.2, 0.25) is 0 Å². The highest BCUT2D eigenvalue weighted by atomic mass is 16.7. The van der Waals surface area contributed by atoms with Crippen molar-refractivity contribution in [2.75, 3.05) is 31.7 Å². The second kappa shape index (κ2) is 18.4. The second-order valence-corrected chi connectivity index (χ2v) is 27.5. The van der Waals surface area contributed by atoms with Gasteiger partial charge in [0.2, 0.25) is 5.91 Å². The monoisotopic (exact) mass is 1070 g/mol. The molecule has 23 atom stereocenters. The Morgan fingerprint density at radius 3 is 2.39 bits per heavy atom. The minimum absolute atomic E-state index is 0.0361. The highest BCUT2D eigenvalue weighted by molar-refractivity contribution is 5.87. The van der Waals surface area contributed by atoms with Crippen molar-refractivity contribution in [3.63, 3.8) is 0 Å². The number of nitrogens with zero attached hydrogens (tertiary/aromatic N) is 2. The van der Waals surface area contributed by atoms with Crippen LogP contribution in [0, 0.1) is 85.2 Å². The molecule has 2 aromatic heterocycles. The highest BCUT2D eigenvalue weighted by Gasteiger charge is 2.78. The molecular formula is C58H85N7O12. The minimum atomic E-state index is -1.67. The maximum Gasteiger partial charge on any atom is 0.310 e. The number of nitrogens with one attached hydrogen (secondary N) is 4. The van der Waals surface area contributed by atoms with Crippen LogP contribution in [0.4, 0.5) is 5.82 Å². The summed E-state index contributed by atoms with van der Waals surface area (Å²) in [5.74, 6) is -3.12. The van der Waals surface area contributed by atoms with Crippen LogP contribution in [0.15, 0.2) is 42.7 Å². The summed E-state index contributed by atoms with van der Waals surface area (Å²) in [5, 5.41) is 100. The van der Waals surface area contributed by atoms with Gasteiger partial charge in [-0.2, -0.15) is 0 Å². The van der Waals surface area contributed by atoms with E-state index in [0.29, 0.717) is 70.8 Å². The Balaban J connectivity index is 1.08. The molecule has 1 spiro atoms. The quantitative estimate of drug-likeness (QED) is 0.0923. The van der Waals surface area contributed by atoms with Crippen molar-refractivity contribution in [3.8, 4) is 0 Å². The van der Waals surface area contributed by atoms with Gasteiger partial charge in [-0.05, 0) is 134 Å². The largest absolute Gasteiger partial charge is 0.481 e. The van der Waals surface area contributed by atoms with Crippen molar-refractivity contribution in [1.29, 1.82) is 0 Å². The minimum Gasteiger partial charge on any atom is -0.481 e. The number of hydrogen-bond acceptors (Lipinski definition) is 15. The van der Waals surface area contributed by atoms with E-state index in [1.807, 2.05) is 6.92 Å². The molecule has 3 aliphatic heterocycles. The third kappa shape index (κ3) is 7.09. The normalized spacial score (nSPS) is 49.8. The number of carboxylic acid groups (broad SMARTS) is 1. The van der Waals surface area contributed by atoms with Crippen LogP contribution < -0.4 is 16.4 Å². The van der Waals surface area contributed by atoms with Gasteiger partial charge in [-0.1, -0.05) is 71.3 Å². The van der Waals surface area contributed by atoms with Crippen molar-refractivity contribution >= 4 is 17.7 Å². The zero-order valence-electron chi connectivity index (χ0n) is 45.4. The number of aliphatic carboxylic acids is 1. The van der Waals surface area contributed by atoms with Gasteiger partial charge in [0, 0.05) is 42.4 Å². The number of aromatic nitrogens is 4. The van der Waals surface area contributed by atoms with E-state index >= 15 is 4.79 Å². The summed E-state index contributed by atoms with van der Waals surface area (Å²) in [6.45, 7) is 10.8.